The zero-order valence-electron chi connectivity index (χ0n) is 17.8. The summed E-state index contributed by atoms with van der Waals surface area (Å²) in [6, 6.07) is 6.31. The molecule has 3 aromatic heterocycles. The van der Waals surface area contributed by atoms with Gasteiger partial charge in [0.05, 0.1) is 30.0 Å². The van der Waals surface area contributed by atoms with Crippen LogP contribution in [0.25, 0.3) is 5.65 Å². The van der Waals surface area contributed by atoms with Gasteiger partial charge < -0.3 is 24.8 Å². The van der Waals surface area contributed by atoms with Gasteiger partial charge in [-0.25, -0.2) is 14.4 Å². The van der Waals surface area contributed by atoms with E-state index >= 15 is 0 Å². The second-order valence-corrected chi connectivity index (χ2v) is 8.91. The molecule has 32 heavy (non-hydrogen) atoms. The van der Waals surface area contributed by atoms with E-state index in [0.29, 0.717) is 37.5 Å². The molecule has 1 amide bonds. The Morgan fingerprint density at radius 3 is 2.84 bits per heavy atom. The van der Waals surface area contributed by atoms with Crippen LogP contribution in [0.5, 0.6) is 0 Å². The number of carbonyl (C=O) groups is 1. The second-order valence-electron chi connectivity index (χ2n) is 8.91. The molecule has 0 saturated carbocycles. The van der Waals surface area contributed by atoms with E-state index in [1.807, 2.05) is 40.6 Å². The number of nitrogens with one attached hydrogen (secondary N) is 2. The van der Waals surface area contributed by atoms with Gasteiger partial charge in [0.1, 0.15) is 5.65 Å². The Kier molecular flexibility index (Phi) is 4.49. The third-order valence-electron chi connectivity index (χ3n) is 6.89. The van der Waals surface area contributed by atoms with Crippen LogP contribution in [0.15, 0.2) is 30.6 Å². The normalized spacial score (nSPS) is 22.6. The summed E-state index contributed by atoms with van der Waals surface area (Å²) in [5.74, 6) is 0.787. The van der Waals surface area contributed by atoms with Crippen molar-refractivity contribution >= 4 is 23.3 Å². The van der Waals surface area contributed by atoms with Crippen LogP contribution < -0.4 is 20.4 Å². The quantitative estimate of drug-likeness (QED) is 0.610. The summed E-state index contributed by atoms with van der Waals surface area (Å²) < 4.78 is 16.4. The third-order valence-corrected chi connectivity index (χ3v) is 6.89. The monoisotopic (exact) mass is 436 g/mol. The summed E-state index contributed by atoms with van der Waals surface area (Å²) in [6.07, 6.45) is 3.19. The zero-order chi connectivity index (χ0) is 21.8. The summed E-state index contributed by atoms with van der Waals surface area (Å²) in [6.45, 7) is 6.00. The number of pyridine rings is 1. The Balaban J connectivity index is 1.08. The van der Waals surface area contributed by atoms with Crippen LogP contribution in [-0.2, 0) is 11.3 Å². The van der Waals surface area contributed by atoms with E-state index in [-0.39, 0.29) is 17.6 Å². The number of hydrogen-bond donors (Lipinski definition) is 2. The van der Waals surface area contributed by atoms with Crippen molar-refractivity contribution in [3.63, 3.8) is 0 Å². The molecule has 3 saturated heterocycles. The first-order valence-corrected chi connectivity index (χ1v) is 11.0. The van der Waals surface area contributed by atoms with E-state index in [2.05, 4.69) is 30.5 Å². The van der Waals surface area contributed by atoms with Crippen LogP contribution in [0.4, 0.5) is 16.2 Å². The molecule has 6 heterocycles. The van der Waals surface area contributed by atoms with Gasteiger partial charge in [-0.1, -0.05) is 6.07 Å². The number of imidazole rings is 1. The van der Waals surface area contributed by atoms with Crippen molar-refractivity contribution in [1.82, 2.24) is 30.0 Å². The van der Waals surface area contributed by atoms with Gasteiger partial charge in [-0.15, -0.1) is 0 Å². The van der Waals surface area contributed by atoms with Crippen LogP contribution in [0.1, 0.15) is 11.4 Å². The Hall–Kier alpha value is -3.27. The van der Waals surface area contributed by atoms with E-state index in [1.165, 1.54) is 6.20 Å². The number of fused-ring (bicyclic) bond motifs is 2. The molecule has 0 radical (unpaired) electrons. The van der Waals surface area contributed by atoms with Gasteiger partial charge in [0.15, 0.2) is 11.6 Å². The number of nitrogens with zero attached hydrogens (tertiary/aromatic N) is 6. The SMILES string of the molecule is Cc1nc2ccccn2c1CNC(=O)C1CN(c2nc(N3CC4CNC4C3)ncc2F)C1. The lowest BCUT2D eigenvalue weighted by Crippen LogP contribution is -2.54. The maximum Gasteiger partial charge on any atom is 0.227 e. The highest BCUT2D eigenvalue weighted by molar-refractivity contribution is 5.81. The Labute approximate surface area is 184 Å². The maximum atomic E-state index is 14.4. The average molecular weight is 436 g/mol. The fraction of sp³-hybridized carbons (Fsp3) is 0.455. The van der Waals surface area contributed by atoms with Gasteiger partial charge in [0.2, 0.25) is 11.9 Å². The number of halogens is 1. The van der Waals surface area contributed by atoms with Gasteiger partial charge in [-0.3, -0.25) is 4.79 Å². The summed E-state index contributed by atoms with van der Waals surface area (Å²) in [4.78, 5) is 29.8. The molecule has 10 heteroatoms. The van der Waals surface area contributed by atoms with Crippen molar-refractivity contribution in [3.05, 3.63) is 47.8 Å². The highest BCUT2D eigenvalue weighted by Gasteiger charge is 2.41. The number of aromatic nitrogens is 4. The van der Waals surface area contributed by atoms with Crippen LogP contribution in [-0.4, -0.2) is 64.0 Å². The van der Waals surface area contributed by atoms with Crippen molar-refractivity contribution in [1.29, 1.82) is 0 Å². The van der Waals surface area contributed by atoms with Crippen LogP contribution in [0, 0.1) is 24.6 Å². The molecule has 6 rings (SSSR count). The summed E-state index contributed by atoms with van der Waals surface area (Å²) in [7, 11) is 0. The molecule has 0 aromatic carbocycles. The van der Waals surface area contributed by atoms with E-state index in [4.69, 9.17) is 0 Å². The molecule has 9 nitrogen and oxygen atoms in total. The first-order valence-electron chi connectivity index (χ1n) is 11.0. The van der Waals surface area contributed by atoms with Gasteiger partial charge in [-0.05, 0) is 19.1 Å². The molecule has 166 valence electrons. The van der Waals surface area contributed by atoms with Crippen LogP contribution in [0.2, 0.25) is 0 Å². The number of anilines is 2. The lowest BCUT2D eigenvalue weighted by atomic mass is 9.96. The standard InChI is InChI=1S/C22H25FN8O/c1-13-18(31-5-3-2-4-19(31)27-13)8-25-21(32)15-10-29(11-15)20-16(23)7-26-22(28-20)30-9-14-6-24-17(14)12-30/h2-5,7,14-15,17,24H,6,8-12H2,1H3,(H,25,32). The molecule has 3 aromatic rings. The van der Waals surface area contributed by atoms with Crippen LogP contribution in [0.3, 0.4) is 0 Å². The molecule has 2 unspecified atom stereocenters. The minimum Gasteiger partial charge on any atom is -0.352 e. The zero-order valence-corrected chi connectivity index (χ0v) is 17.8. The van der Waals surface area contributed by atoms with E-state index in [0.717, 1.165) is 36.7 Å². The fourth-order valence-electron chi connectivity index (χ4n) is 4.85. The predicted molar refractivity (Wildman–Crippen MR) is 117 cm³/mol. The third kappa shape index (κ3) is 3.17. The maximum absolute atomic E-state index is 14.4. The van der Waals surface area contributed by atoms with E-state index in [9.17, 15) is 9.18 Å². The summed E-state index contributed by atoms with van der Waals surface area (Å²) in [5, 5.41) is 6.41. The average Bonchev–Trinajstić information content (AvgIpc) is 3.22. The molecule has 2 atom stereocenters. The molecular weight excluding hydrogens is 411 g/mol. The lowest BCUT2D eigenvalue weighted by Gasteiger charge is -2.39. The highest BCUT2D eigenvalue weighted by atomic mass is 19.1. The topological polar surface area (TPSA) is 90.7 Å². The number of hydrogen-bond acceptors (Lipinski definition) is 7. The van der Waals surface area contributed by atoms with Gasteiger partial charge in [0, 0.05) is 50.9 Å². The van der Waals surface area contributed by atoms with Crippen LogP contribution >= 0.6 is 0 Å². The smallest absolute Gasteiger partial charge is 0.227 e. The largest absolute Gasteiger partial charge is 0.352 e. The van der Waals surface area contributed by atoms with Crippen molar-refractivity contribution in [2.75, 3.05) is 42.5 Å². The van der Waals surface area contributed by atoms with Gasteiger partial charge in [-0.2, -0.15) is 4.98 Å². The van der Waals surface area contributed by atoms with E-state index < -0.39 is 5.82 Å². The Morgan fingerprint density at radius 1 is 1.22 bits per heavy atom. The van der Waals surface area contributed by atoms with E-state index in [1.54, 1.807) is 0 Å². The molecule has 3 aliphatic rings. The number of amides is 1. The summed E-state index contributed by atoms with van der Waals surface area (Å²) in [5.41, 5.74) is 2.72. The molecule has 3 fully saturated rings. The van der Waals surface area contributed by atoms with Gasteiger partial charge in [0.25, 0.3) is 0 Å². The molecule has 2 N–H and O–H groups in total. The minimum atomic E-state index is -0.450. The Bertz CT molecular complexity index is 1180. The number of aryl methyl sites for hydroxylation is 1. The van der Waals surface area contributed by atoms with Crippen molar-refractivity contribution in [2.45, 2.75) is 19.5 Å². The van der Waals surface area contributed by atoms with Gasteiger partial charge >= 0.3 is 0 Å². The first-order chi connectivity index (χ1) is 15.6. The molecule has 0 bridgehead atoms. The molecule has 0 spiro atoms. The molecule has 0 aliphatic carbocycles. The van der Waals surface area contributed by atoms with Crippen molar-refractivity contribution < 1.29 is 9.18 Å². The minimum absolute atomic E-state index is 0.0385. The molecular formula is C22H25FN8O. The first kappa shape index (κ1) is 19.4. The predicted octanol–water partition coefficient (Wildman–Crippen LogP) is 0.732. The number of rotatable bonds is 5. The highest BCUT2D eigenvalue weighted by Crippen LogP contribution is 2.30. The lowest BCUT2D eigenvalue weighted by molar-refractivity contribution is -0.125. The van der Waals surface area contributed by atoms with Crippen molar-refractivity contribution in [3.8, 4) is 0 Å². The fourth-order valence-corrected chi connectivity index (χ4v) is 4.85. The number of carbonyl (C=O) groups excluding carboxylic acids is 1. The molecule has 3 aliphatic heterocycles. The van der Waals surface area contributed by atoms with Crippen molar-refractivity contribution in [2.24, 2.45) is 11.8 Å². The second kappa shape index (κ2) is 7.40. The summed E-state index contributed by atoms with van der Waals surface area (Å²) >= 11 is 0. The Morgan fingerprint density at radius 2 is 2.09 bits per heavy atom.